The normalized spacial score (nSPS) is 12.1. The standard InChI is InChI=1S/C13H13NO2/c1-10(11-6-3-2-4-7-11)16-13(15)12-8-5-9-14-12/h2-10,14H,1H3/t10-/m0/s1. The van der Waals surface area contributed by atoms with Gasteiger partial charge in [0.05, 0.1) is 0 Å². The summed E-state index contributed by atoms with van der Waals surface area (Å²) in [6, 6.07) is 13.1. The van der Waals surface area contributed by atoms with Gasteiger partial charge in [0.1, 0.15) is 11.8 Å². The minimum Gasteiger partial charge on any atom is -0.453 e. The van der Waals surface area contributed by atoms with E-state index in [1.165, 1.54) is 0 Å². The topological polar surface area (TPSA) is 42.1 Å². The van der Waals surface area contributed by atoms with Gasteiger partial charge in [-0.25, -0.2) is 4.79 Å². The number of hydrogen-bond acceptors (Lipinski definition) is 2. The second-order valence-electron chi connectivity index (χ2n) is 3.54. The summed E-state index contributed by atoms with van der Waals surface area (Å²) in [6.07, 6.45) is 1.46. The average molecular weight is 215 g/mol. The quantitative estimate of drug-likeness (QED) is 0.800. The Morgan fingerprint density at radius 1 is 1.19 bits per heavy atom. The molecule has 1 heterocycles. The monoisotopic (exact) mass is 215 g/mol. The lowest BCUT2D eigenvalue weighted by atomic mass is 10.1. The van der Waals surface area contributed by atoms with E-state index in [2.05, 4.69) is 4.98 Å². The predicted molar refractivity (Wildman–Crippen MR) is 61.1 cm³/mol. The van der Waals surface area contributed by atoms with Crippen molar-refractivity contribution in [1.29, 1.82) is 0 Å². The van der Waals surface area contributed by atoms with Crippen LogP contribution in [0, 0.1) is 0 Å². The Bertz CT molecular complexity index is 448. The van der Waals surface area contributed by atoms with Crippen LogP contribution in [0.5, 0.6) is 0 Å². The van der Waals surface area contributed by atoms with E-state index in [-0.39, 0.29) is 12.1 Å². The molecule has 82 valence electrons. The van der Waals surface area contributed by atoms with E-state index in [9.17, 15) is 4.79 Å². The molecule has 0 unspecified atom stereocenters. The third-order valence-electron chi connectivity index (χ3n) is 2.37. The van der Waals surface area contributed by atoms with Crippen molar-refractivity contribution in [2.75, 3.05) is 0 Å². The molecule has 1 aromatic carbocycles. The Morgan fingerprint density at radius 3 is 2.56 bits per heavy atom. The van der Waals surface area contributed by atoms with Crippen molar-refractivity contribution in [3.05, 3.63) is 59.9 Å². The first-order valence-electron chi connectivity index (χ1n) is 5.16. The molecule has 0 saturated heterocycles. The van der Waals surface area contributed by atoms with Gasteiger partial charge in [0.15, 0.2) is 0 Å². The molecule has 0 saturated carbocycles. The van der Waals surface area contributed by atoms with Crippen LogP contribution in [0.1, 0.15) is 29.1 Å². The van der Waals surface area contributed by atoms with Crippen molar-refractivity contribution in [3.8, 4) is 0 Å². The smallest absolute Gasteiger partial charge is 0.355 e. The molecule has 2 rings (SSSR count). The van der Waals surface area contributed by atoms with Crippen LogP contribution < -0.4 is 0 Å². The highest BCUT2D eigenvalue weighted by molar-refractivity contribution is 5.87. The Labute approximate surface area is 94.1 Å². The van der Waals surface area contributed by atoms with Gasteiger partial charge in [-0.3, -0.25) is 0 Å². The molecule has 1 N–H and O–H groups in total. The van der Waals surface area contributed by atoms with E-state index >= 15 is 0 Å². The Balaban J connectivity index is 2.03. The van der Waals surface area contributed by atoms with Crippen LogP contribution in [-0.2, 0) is 4.74 Å². The lowest BCUT2D eigenvalue weighted by molar-refractivity contribution is 0.0331. The molecule has 2 aromatic rings. The van der Waals surface area contributed by atoms with Gasteiger partial charge < -0.3 is 9.72 Å². The van der Waals surface area contributed by atoms with Crippen LogP contribution in [-0.4, -0.2) is 11.0 Å². The van der Waals surface area contributed by atoms with Crippen LogP contribution in [0.15, 0.2) is 48.7 Å². The maximum atomic E-state index is 11.6. The third kappa shape index (κ3) is 2.31. The number of nitrogens with one attached hydrogen (secondary N) is 1. The minimum atomic E-state index is -0.332. The summed E-state index contributed by atoms with van der Waals surface area (Å²) in [5.41, 5.74) is 1.46. The number of rotatable bonds is 3. The summed E-state index contributed by atoms with van der Waals surface area (Å²) in [5, 5.41) is 0. The van der Waals surface area contributed by atoms with E-state index in [0.29, 0.717) is 5.69 Å². The molecular formula is C13H13NO2. The van der Waals surface area contributed by atoms with Gasteiger partial charge in [0, 0.05) is 6.20 Å². The summed E-state index contributed by atoms with van der Waals surface area (Å²) in [5.74, 6) is -0.332. The number of aromatic nitrogens is 1. The fourth-order valence-corrected chi connectivity index (χ4v) is 1.47. The first-order valence-corrected chi connectivity index (χ1v) is 5.16. The maximum absolute atomic E-state index is 11.6. The second-order valence-corrected chi connectivity index (χ2v) is 3.54. The highest BCUT2D eigenvalue weighted by Crippen LogP contribution is 2.17. The van der Waals surface area contributed by atoms with Crippen molar-refractivity contribution in [3.63, 3.8) is 0 Å². The number of ether oxygens (including phenoxy) is 1. The van der Waals surface area contributed by atoms with Gasteiger partial charge in [-0.05, 0) is 24.6 Å². The third-order valence-corrected chi connectivity index (χ3v) is 2.37. The SMILES string of the molecule is C[C@H](OC(=O)c1ccc[nH]1)c1ccccc1. The lowest BCUT2D eigenvalue weighted by Gasteiger charge is -2.12. The highest BCUT2D eigenvalue weighted by atomic mass is 16.5. The van der Waals surface area contributed by atoms with Crippen LogP contribution in [0.3, 0.4) is 0 Å². The van der Waals surface area contributed by atoms with Crippen LogP contribution in [0.2, 0.25) is 0 Å². The lowest BCUT2D eigenvalue weighted by Crippen LogP contribution is -2.09. The summed E-state index contributed by atoms with van der Waals surface area (Å²) in [7, 11) is 0. The zero-order chi connectivity index (χ0) is 11.4. The Hall–Kier alpha value is -2.03. The maximum Gasteiger partial charge on any atom is 0.355 e. The number of benzene rings is 1. The first kappa shape index (κ1) is 10.5. The largest absolute Gasteiger partial charge is 0.453 e. The van der Waals surface area contributed by atoms with Gasteiger partial charge in [0.25, 0.3) is 0 Å². The fourth-order valence-electron chi connectivity index (χ4n) is 1.47. The Kier molecular flexibility index (Phi) is 3.05. The molecular weight excluding hydrogens is 202 g/mol. The van der Waals surface area contributed by atoms with Crippen LogP contribution >= 0.6 is 0 Å². The van der Waals surface area contributed by atoms with Gasteiger partial charge in [-0.2, -0.15) is 0 Å². The van der Waals surface area contributed by atoms with E-state index in [0.717, 1.165) is 5.56 Å². The number of carbonyl (C=O) groups excluding carboxylic acids is 1. The molecule has 0 aliphatic carbocycles. The number of aromatic amines is 1. The molecule has 0 aliphatic rings. The van der Waals surface area contributed by atoms with Crippen molar-refractivity contribution in [2.24, 2.45) is 0 Å². The molecule has 0 spiro atoms. The van der Waals surface area contributed by atoms with Crippen LogP contribution in [0.25, 0.3) is 0 Å². The zero-order valence-electron chi connectivity index (χ0n) is 9.01. The fraction of sp³-hybridized carbons (Fsp3) is 0.154. The van der Waals surface area contributed by atoms with Gasteiger partial charge in [0.2, 0.25) is 0 Å². The van der Waals surface area contributed by atoms with Crippen molar-refractivity contribution in [1.82, 2.24) is 4.98 Å². The predicted octanol–water partition coefficient (Wildman–Crippen LogP) is 2.93. The van der Waals surface area contributed by atoms with Gasteiger partial charge in [-0.15, -0.1) is 0 Å². The second kappa shape index (κ2) is 4.66. The molecule has 0 amide bonds. The molecule has 0 bridgehead atoms. The zero-order valence-corrected chi connectivity index (χ0v) is 9.01. The van der Waals surface area contributed by atoms with Gasteiger partial charge >= 0.3 is 5.97 Å². The number of esters is 1. The molecule has 3 nitrogen and oxygen atoms in total. The summed E-state index contributed by atoms with van der Waals surface area (Å²) >= 11 is 0. The first-order chi connectivity index (χ1) is 7.77. The van der Waals surface area contributed by atoms with E-state index < -0.39 is 0 Å². The molecule has 1 aromatic heterocycles. The molecule has 0 radical (unpaired) electrons. The highest BCUT2D eigenvalue weighted by Gasteiger charge is 2.13. The Morgan fingerprint density at radius 2 is 1.94 bits per heavy atom. The number of carbonyl (C=O) groups is 1. The minimum absolute atomic E-state index is 0.239. The molecule has 0 aliphatic heterocycles. The van der Waals surface area contributed by atoms with E-state index in [1.807, 2.05) is 37.3 Å². The molecule has 0 fully saturated rings. The average Bonchev–Trinajstić information content (AvgIpc) is 2.83. The molecule has 1 atom stereocenters. The van der Waals surface area contributed by atoms with Gasteiger partial charge in [-0.1, -0.05) is 30.3 Å². The summed E-state index contributed by atoms with van der Waals surface area (Å²) in [6.45, 7) is 1.86. The van der Waals surface area contributed by atoms with E-state index in [1.54, 1.807) is 18.3 Å². The number of H-pyrrole nitrogens is 1. The van der Waals surface area contributed by atoms with E-state index in [4.69, 9.17) is 4.74 Å². The van der Waals surface area contributed by atoms with Crippen LogP contribution in [0.4, 0.5) is 0 Å². The molecule has 3 heteroatoms. The van der Waals surface area contributed by atoms with Crippen molar-refractivity contribution >= 4 is 5.97 Å². The summed E-state index contributed by atoms with van der Waals surface area (Å²) < 4.78 is 5.31. The molecule has 16 heavy (non-hydrogen) atoms. The van der Waals surface area contributed by atoms with Crippen molar-refractivity contribution < 1.29 is 9.53 Å². The van der Waals surface area contributed by atoms with Crippen molar-refractivity contribution in [2.45, 2.75) is 13.0 Å². The summed E-state index contributed by atoms with van der Waals surface area (Å²) in [4.78, 5) is 14.5. The number of hydrogen-bond donors (Lipinski definition) is 1.